The van der Waals surface area contributed by atoms with Gasteiger partial charge in [-0.2, -0.15) is 0 Å². The van der Waals surface area contributed by atoms with Gasteiger partial charge in [0.25, 0.3) is 5.91 Å². The van der Waals surface area contributed by atoms with E-state index in [1.54, 1.807) is 29.2 Å². The molecule has 10 heteroatoms. The van der Waals surface area contributed by atoms with E-state index in [-0.39, 0.29) is 26.5 Å². The maximum Gasteiger partial charge on any atom is 0.253 e. The molecule has 37 heavy (non-hydrogen) atoms. The van der Waals surface area contributed by atoms with Crippen molar-refractivity contribution in [1.29, 1.82) is 0 Å². The molecule has 196 valence electrons. The number of hydrogen-bond acceptors (Lipinski definition) is 5. The minimum Gasteiger partial charge on any atom is -0.339 e. The van der Waals surface area contributed by atoms with Gasteiger partial charge in [-0.25, -0.2) is 25.9 Å². The third-order valence-electron chi connectivity index (χ3n) is 6.46. The molecule has 0 bridgehead atoms. The predicted molar refractivity (Wildman–Crippen MR) is 138 cm³/mol. The van der Waals surface area contributed by atoms with Crippen LogP contribution in [-0.2, 0) is 19.9 Å². The van der Waals surface area contributed by atoms with Gasteiger partial charge in [-0.3, -0.25) is 4.79 Å². The zero-order valence-electron chi connectivity index (χ0n) is 20.6. The quantitative estimate of drug-likeness (QED) is 0.476. The number of rotatable bonds is 7. The summed E-state index contributed by atoms with van der Waals surface area (Å²) in [5.41, 5.74) is 0.891. The molecule has 0 radical (unpaired) electrons. The Morgan fingerprint density at radius 3 is 2.11 bits per heavy atom. The lowest BCUT2D eigenvalue weighted by Gasteiger charge is -2.32. The number of carbonyl (C=O) groups excluding carboxylic acids is 1. The van der Waals surface area contributed by atoms with Gasteiger partial charge in [0, 0.05) is 24.7 Å². The maximum absolute atomic E-state index is 13.5. The van der Waals surface area contributed by atoms with Crippen molar-refractivity contribution < 1.29 is 26.0 Å². The minimum absolute atomic E-state index is 0.0654. The fourth-order valence-electron chi connectivity index (χ4n) is 4.39. The van der Waals surface area contributed by atoms with Crippen molar-refractivity contribution in [1.82, 2.24) is 9.62 Å². The van der Waals surface area contributed by atoms with Crippen LogP contribution < -0.4 is 4.72 Å². The summed E-state index contributed by atoms with van der Waals surface area (Å²) in [7, 11) is -7.96. The second-order valence-electron chi connectivity index (χ2n) is 9.37. The van der Waals surface area contributed by atoms with E-state index < -0.39 is 31.7 Å². The molecule has 1 amide bonds. The van der Waals surface area contributed by atoms with Crippen LogP contribution in [0.1, 0.15) is 48.5 Å². The van der Waals surface area contributed by atoms with Crippen LogP contribution in [0.4, 0.5) is 4.39 Å². The zero-order valence-corrected chi connectivity index (χ0v) is 22.2. The first-order valence-corrected chi connectivity index (χ1v) is 15.0. The highest BCUT2D eigenvalue weighted by Gasteiger charge is 2.30. The molecule has 0 atom stereocenters. The van der Waals surface area contributed by atoms with Crippen LogP contribution >= 0.6 is 0 Å². The Bertz CT molecular complexity index is 1480. The van der Waals surface area contributed by atoms with Gasteiger partial charge < -0.3 is 4.90 Å². The molecule has 0 aromatic heterocycles. The highest BCUT2D eigenvalue weighted by Crippen LogP contribution is 2.30. The third-order valence-corrected chi connectivity index (χ3v) is 9.80. The average molecular weight is 545 g/mol. The average Bonchev–Trinajstić information content (AvgIpc) is 2.89. The number of halogens is 1. The number of hydrogen-bond donors (Lipinski definition) is 1. The Labute approximate surface area is 217 Å². The molecule has 4 rings (SSSR count). The molecule has 0 saturated carbocycles. The number of nitrogens with zero attached hydrogens (tertiary/aromatic N) is 1. The van der Waals surface area contributed by atoms with Crippen molar-refractivity contribution in [2.75, 3.05) is 13.1 Å². The number of sulfonamides is 1. The van der Waals surface area contributed by atoms with Gasteiger partial charge in [-0.05, 0) is 72.9 Å². The van der Waals surface area contributed by atoms with Crippen LogP contribution in [0.15, 0.2) is 87.5 Å². The van der Waals surface area contributed by atoms with Crippen molar-refractivity contribution in [3.8, 4) is 0 Å². The molecule has 3 aromatic rings. The molecule has 1 saturated heterocycles. The van der Waals surface area contributed by atoms with Crippen molar-refractivity contribution in [2.45, 2.75) is 53.3 Å². The lowest BCUT2D eigenvalue weighted by molar-refractivity contribution is 0.0711. The van der Waals surface area contributed by atoms with Gasteiger partial charge in [0.15, 0.2) is 0 Å². The second kappa shape index (κ2) is 10.7. The highest BCUT2D eigenvalue weighted by atomic mass is 32.2. The first-order chi connectivity index (χ1) is 17.5. The van der Waals surface area contributed by atoms with E-state index in [2.05, 4.69) is 4.72 Å². The third kappa shape index (κ3) is 5.92. The van der Waals surface area contributed by atoms with Crippen LogP contribution in [0.3, 0.4) is 0 Å². The monoisotopic (exact) mass is 544 g/mol. The van der Waals surface area contributed by atoms with E-state index in [1.807, 2.05) is 13.8 Å². The summed E-state index contributed by atoms with van der Waals surface area (Å²) in [4.78, 5) is 14.2. The molecule has 1 aliphatic rings. The summed E-state index contributed by atoms with van der Waals surface area (Å²) in [6, 6.07) is 17.0. The minimum atomic E-state index is -4.05. The van der Waals surface area contributed by atoms with E-state index in [1.165, 1.54) is 48.5 Å². The highest BCUT2D eigenvalue weighted by molar-refractivity contribution is 7.91. The van der Waals surface area contributed by atoms with Crippen LogP contribution in [0.25, 0.3) is 0 Å². The summed E-state index contributed by atoms with van der Waals surface area (Å²) in [5, 5.41) is 0. The van der Waals surface area contributed by atoms with Gasteiger partial charge in [0.2, 0.25) is 19.9 Å². The predicted octanol–water partition coefficient (Wildman–Crippen LogP) is 4.37. The normalized spacial score (nSPS) is 15.2. The fourth-order valence-corrected chi connectivity index (χ4v) is 7.47. The van der Waals surface area contributed by atoms with Crippen molar-refractivity contribution >= 4 is 25.8 Å². The van der Waals surface area contributed by atoms with Gasteiger partial charge in [-0.1, -0.05) is 38.1 Å². The van der Waals surface area contributed by atoms with E-state index in [0.29, 0.717) is 37.1 Å². The number of piperidine rings is 1. The molecule has 1 N–H and O–H groups in total. The van der Waals surface area contributed by atoms with Crippen molar-refractivity contribution in [2.24, 2.45) is 0 Å². The van der Waals surface area contributed by atoms with Gasteiger partial charge in [0.05, 0.1) is 14.7 Å². The second-order valence-corrected chi connectivity index (χ2v) is 13.0. The molecular formula is C27H29FN2O5S2. The first kappa shape index (κ1) is 27.0. The molecule has 0 aliphatic carbocycles. The molecule has 7 nitrogen and oxygen atoms in total. The lowest BCUT2D eigenvalue weighted by atomic mass is 10.0. The SMILES string of the molecule is CC(C)c1ccc(S(=O)(=O)c2ccccc2)cc1S(=O)(=O)NC1CCN(C(=O)c2ccc(F)cc2)CC1. The van der Waals surface area contributed by atoms with Crippen molar-refractivity contribution in [3.63, 3.8) is 0 Å². The summed E-state index contributed by atoms with van der Waals surface area (Å²) in [5.74, 6) is -0.816. The number of sulfone groups is 1. The fraction of sp³-hybridized carbons (Fsp3) is 0.296. The molecule has 0 unspecified atom stereocenters. The summed E-state index contributed by atoms with van der Waals surface area (Å²) in [6.07, 6.45) is 0.788. The van der Waals surface area contributed by atoms with E-state index >= 15 is 0 Å². The Hall–Kier alpha value is -3.08. The summed E-state index contributed by atoms with van der Waals surface area (Å²) < 4.78 is 69.2. The van der Waals surface area contributed by atoms with E-state index in [4.69, 9.17) is 0 Å². The summed E-state index contributed by atoms with van der Waals surface area (Å²) in [6.45, 7) is 4.37. The van der Waals surface area contributed by atoms with E-state index in [9.17, 15) is 26.0 Å². The van der Waals surface area contributed by atoms with Gasteiger partial charge in [0.1, 0.15) is 5.82 Å². The Kier molecular flexibility index (Phi) is 7.82. The number of likely N-dealkylation sites (tertiary alicyclic amines) is 1. The Balaban J connectivity index is 1.53. The molecular weight excluding hydrogens is 515 g/mol. The molecule has 1 fully saturated rings. The Morgan fingerprint density at radius 1 is 0.892 bits per heavy atom. The lowest BCUT2D eigenvalue weighted by Crippen LogP contribution is -2.46. The smallest absolute Gasteiger partial charge is 0.253 e. The number of amides is 1. The summed E-state index contributed by atoms with van der Waals surface area (Å²) >= 11 is 0. The first-order valence-electron chi connectivity index (χ1n) is 12.0. The van der Waals surface area contributed by atoms with Crippen molar-refractivity contribution in [3.05, 3.63) is 89.7 Å². The van der Waals surface area contributed by atoms with Gasteiger partial charge in [-0.15, -0.1) is 0 Å². The molecule has 3 aromatic carbocycles. The largest absolute Gasteiger partial charge is 0.339 e. The molecule has 1 aliphatic heterocycles. The Morgan fingerprint density at radius 2 is 1.51 bits per heavy atom. The van der Waals surface area contributed by atoms with Crippen LogP contribution in [0.5, 0.6) is 0 Å². The van der Waals surface area contributed by atoms with E-state index in [0.717, 1.165) is 0 Å². The number of nitrogens with one attached hydrogen (secondary N) is 1. The van der Waals surface area contributed by atoms with Crippen LogP contribution in [0.2, 0.25) is 0 Å². The molecule has 1 heterocycles. The molecule has 0 spiro atoms. The van der Waals surface area contributed by atoms with Crippen LogP contribution in [0, 0.1) is 5.82 Å². The topological polar surface area (TPSA) is 101 Å². The zero-order chi connectivity index (χ0) is 26.8. The number of benzene rings is 3. The van der Waals surface area contributed by atoms with Gasteiger partial charge >= 0.3 is 0 Å². The standard InChI is InChI=1S/C27H29FN2O5S2/c1-19(2)25-13-12-24(36(32,33)23-6-4-3-5-7-23)18-26(25)37(34,35)29-22-14-16-30(17-15-22)27(31)20-8-10-21(28)11-9-20/h3-13,18-19,22,29H,14-17H2,1-2H3. The number of carbonyl (C=O) groups is 1. The van der Waals surface area contributed by atoms with Crippen LogP contribution in [-0.4, -0.2) is 46.8 Å². The maximum atomic E-state index is 13.5.